The zero-order chi connectivity index (χ0) is 36.5. The van der Waals surface area contributed by atoms with Crippen LogP contribution in [-0.2, 0) is 25.8 Å². The second-order valence-corrected chi connectivity index (χ2v) is 22.9. The molecule has 2 saturated heterocycles. The van der Waals surface area contributed by atoms with Crippen LogP contribution < -0.4 is 5.32 Å². The minimum absolute atomic E-state index is 0.243. The smallest absolute Gasteiger partial charge is 0.410 e. The van der Waals surface area contributed by atoms with Gasteiger partial charge in [0.15, 0.2) is 0 Å². The Morgan fingerprint density at radius 2 is 1.80 bits per heavy atom. The van der Waals surface area contributed by atoms with Gasteiger partial charge in [-0.1, -0.05) is 32.6 Å². The summed E-state index contributed by atoms with van der Waals surface area (Å²) in [4.78, 5) is 53.0. The fourth-order valence-electron chi connectivity index (χ4n) is 6.77. The largest absolute Gasteiger partial charge is 0.444 e. The van der Waals surface area contributed by atoms with Crippen molar-refractivity contribution < 1.29 is 23.9 Å². The van der Waals surface area contributed by atoms with Crippen molar-refractivity contribution in [3.05, 3.63) is 47.4 Å². The number of likely N-dealkylation sites (tertiary alicyclic amines) is 2. The lowest BCUT2D eigenvalue weighted by molar-refractivity contribution is -0.146. The SMILES string of the molecule is C[C@H]1CCC(c2ccc3sc(C4CCN(C(=O)OC(C)(C)C)CC4)nc3c2)N(C(=O)C(=O)Nc2cncc3cnn(COCC[Si](C)(C)C)c23)C1. The third-order valence-electron chi connectivity index (χ3n) is 9.58. The van der Waals surface area contributed by atoms with Crippen LogP contribution in [0, 0.1) is 5.92 Å². The molecule has 12 nitrogen and oxygen atoms in total. The standard InChI is InChI=1S/C37H51N7O5SSi/c1-24-8-10-30(26-9-11-31-28(18-26)41-34(50-31)25-12-14-42(15-13-25)36(47)49-37(2,3)4)43(22-24)35(46)33(45)40-29-21-38-19-27-20-39-44(32(27)29)23-48-16-17-51(5,6)7/h9,11,18-21,24-25,30H,8,10,12-17,22-23H2,1-7H3,(H,40,45)/t24-,30?/m0/s1. The van der Waals surface area contributed by atoms with Crippen molar-refractivity contribution in [2.75, 3.05) is 31.6 Å². The maximum atomic E-state index is 13.9. The Labute approximate surface area is 304 Å². The van der Waals surface area contributed by atoms with Crippen molar-refractivity contribution in [1.29, 1.82) is 0 Å². The highest BCUT2D eigenvalue weighted by Gasteiger charge is 2.35. The first kappa shape index (κ1) is 36.9. The zero-order valence-electron chi connectivity index (χ0n) is 30.9. The van der Waals surface area contributed by atoms with E-state index in [2.05, 4.69) is 60.2 Å². The predicted octanol–water partition coefficient (Wildman–Crippen LogP) is 7.41. The van der Waals surface area contributed by atoms with Crippen LogP contribution in [0.2, 0.25) is 25.7 Å². The predicted molar refractivity (Wildman–Crippen MR) is 203 cm³/mol. The molecule has 14 heteroatoms. The molecule has 2 fully saturated rings. The fourth-order valence-corrected chi connectivity index (χ4v) is 8.64. The molecule has 0 bridgehead atoms. The Morgan fingerprint density at radius 1 is 1.04 bits per heavy atom. The van der Waals surface area contributed by atoms with Crippen LogP contribution in [0.4, 0.5) is 10.5 Å². The number of rotatable bonds is 8. The molecule has 6 rings (SSSR count). The number of hydrogen-bond acceptors (Lipinski definition) is 9. The molecule has 0 spiro atoms. The highest BCUT2D eigenvalue weighted by Crippen LogP contribution is 2.38. The number of fused-ring (bicyclic) bond motifs is 2. The van der Waals surface area contributed by atoms with Gasteiger partial charge in [0.25, 0.3) is 0 Å². The average Bonchev–Trinajstić information content (AvgIpc) is 3.70. The van der Waals surface area contributed by atoms with E-state index in [1.165, 1.54) is 0 Å². The number of carbonyl (C=O) groups is 3. The number of benzene rings is 1. The Hall–Kier alpha value is -3.88. The van der Waals surface area contributed by atoms with Gasteiger partial charge in [-0.2, -0.15) is 5.10 Å². The number of piperidine rings is 2. The first-order valence-corrected chi connectivity index (χ1v) is 22.5. The van der Waals surface area contributed by atoms with Crippen LogP contribution in [-0.4, -0.2) is 87.4 Å². The van der Waals surface area contributed by atoms with E-state index >= 15 is 0 Å². The van der Waals surface area contributed by atoms with Gasteiger partial charge in [-0.25, -0.2) is 14.5 Å². The summed E-state index contributed by atoms with van der Waals surface area (Å²) in [6.07, 6.45) is 8.04. The molecule has 0 radical (unpaired) electrons. The van der Waals surface area contributed by atoms with E-state index in [0.717, 1.165) is 57.9 Å². The van der Waals surface area contributed by atoms with Crippen LogP contribution in [0.15, 0.2) is 36.8 Å². The molecule has 3 aromatic heterocycles. The fraction of sp³-hybridized carbons (Fsp3) is 0.568. The average molecular weight is 734 g/mol. The lowest BCUT2D eigenvalue weighted by Crippen LogP contribution is -2.46. The van der Waals surface area contributed by atoms with Crippen LogP contribution in [0.1, 0.15) is 75.9 Å². The zero-order valence-corrected chi connectivity index (χ0v) is 32.7. The summed E-state index contributed by atoms with van der Waals surface area (Å²) in [5, 5.41) is 9.14. The Bertz CT molecular complexity index is 1890. The van der Waals surface area contributed by atoms with Gasteiger partial charge < -0.3 is 24.6 Å². The Balaban J connectivity index is 1.14. The number of pyridine rings is 1. The summed E-state index contributed by atoms with van der Waals surface area (Å²) in [6.45, 7) is 17.3. The van der Waals surface area contributed by atoms with Gasteiger partial charge >= 0.3 is 17.9 Å². The molecule has 4 aromatic rings. The van der Waals surface area contributed by atoms with Gasteiger partial charge in [0.1, 0.15) is 12.3 Å². The topological polar surface area (TPSA) is 132 Å². The van der Waals surface area contributed by atoms with Gasteiger partial charge in [0, 0.05) is 51.8 Å². The number of thiazole rings is 1. The van der Waals surface area contributed by atoms with Crippen molar-refractivity contribution in [3.8, 4) is 0 Å². The monoisotopic (exact) mass is 733 g/mol. The minimum atomic E-state index is -1.24. The third kappa shape index (κ3) is 8.95. The van der Waals surface area contributed by atoms with E-state index in [9.17, 15) is 14.4 Å². The van der Waals surface area contributed by atoms with Crippen molar-refractivity contribution in [3.63, 3.8) is 0 Å². The van der Waals surface area contributed by atoms with Crippen LogP contribution in [0.5, 0.6) is 0 Å². The highest BCUT2D eigenvalue weighted by atomic mass is 32.1. The number of nitrogens with zero attached hydrogens (tertiary/aromatic N) is 6. The summed E-state index contributed by atoms with van der Waals surface area (Å²) < 4.78 is 14.3. The maximum absolute atomic E-state index is 13.9. The third-order valence-corrected chi connectivity index (χ3v) is 12.5. The van der Waals surface area contributed by atoms with Crippen molar-refractivity contribution in [2.45, 2.75) is 103 Å². The lowest BCUT2D eigenvalue weighted by atomic mass is 9.89. The van der Waals surface area contributed by atoms with E-state index in [1.807, 2.05) is 20.8 Å². The molecule has 3 amide bonds. The molecular formula is C37H51N7O5SSi. The molecule has 2 atom stereocenters. The van der Waals surface area contributed by atoms with E-state index in [-0.39, 0.29) is 30.7 Å². The lowest BCUT2D eigenvalue weighted by Gasteiger charge is -2.38. The summed E-state index contributed by atoms with van der Waals surface area (Å²) in [5.74, 6) is -0.741. The van der Waals surface area contributed by atoms with Gasteiger partial charge in [-0.3, -0.25) is 14.6 Å². The number of nitrogens with one attached hydrogen (secondary N) is 1. The molecule has 1 unspecified atom stereocenters. The first-order chi connectivity index (χ1) is 24.1. The van der Waals surface area contributed by atoms with Crippen molar-refractivity contribution in [1.82, 2.24) is 29.5 Å². The van der Waals surface area contributed by atoms with Gasteiger partial charge in [0.05, 0.1) is 44.9 Å². The van der Waals surface area contributed by atoms with E-state index < -0.39 is 25.5 Å². The second kappa shape index (κ2) is 15.0. The van der Waals surface area contributed by atoms with Gasteiger partial charge in [-0.05, 0) is 76.1 Å². The molecule has 2 aliphatic rings. The van der Waals surface area contributed by atoms with Crippen molar-refractivity contribution in [2.24, 2.45) is 5.92 Å². The quantitative estimate of drug-likeness (QED) is 0.113. The second-order valence-electron chi connectivity index (χ2n) is 16.2. The van der Waals surface area contributed by atoms with E-state index in [4.69, 9.17) is 14.5 Å². The van der Waals surface area contributed by atoms with E-state index in [0.29, 0.717) is 37.4 Å². The number of anilines is 1. The molecule has 2 aliphatic heterocycles. The van der Waals surface area contributed by atoms with Crippen LogP contribution >= 0.6 is 11.3 Å². The van der Waals surface area contributed by atoms with Crippen LogP contribution in [0.3, 0.4) is 0 Å². The molecule has 0 saturated carbocycles. The Morgan fingerprint density at radius 3 is 2.53 bits per heavy atom. The van der Waals surface area contributed by atoms with Crippen LogP contribution in [0.25, 0.3) is 21.1 Å². The molecule has 5 heterocycles. The number of hydrogen-bond donors (Lipinski definition) is 1. The van der Waals surface area contributed by atoms with Crippen molar-refractivity contribution >= 4 is 64.1 Å². The minimum Gasteiger partial charge on any atom is -0.444 e. The van der Waals surface area contributed by atoms with Gasteiger partial charge in [-0.15, -0.1) is 11.3 Å². The molecule has 51 heavy (non-hydrogen) atoms. The number of aromatic nitrogens is 4. The molecule has 1 aromatic carbocycles. The summed E-state index contributed by atoms with van der Waals surface area (Å²) in [6, 6.07) is 7.02. The normalized spacial score (nSPS) is 19.1. The summed E-state index contributed by atoms with van der Waals surface area (Å²) >= 11 is 1.69. The molecule has 1 N–H and O–H groups in total. The van der Waals surface area contributed by atoms with E-state index in [1.54, 1.807) is 44.4 Å². The molecule has 0 aliphatic carbocycles. The summed E-state index contributed by atoms with van der Waals surface area (Å²) in [7, 11) is -1.24. The molecule has 274 valence electrons. The summed E-state index contributed by atoms with van der Waals surface area (Å²) in [5.41, 5.74) is 2.45. The number of ether oxygens (including phenoxy) is 2. The Kier molecular flexibility index (Phi) is 10.8. The highest BCUT2D eigenvalue weighted by molar-refractivity contribution is 7.18. The number of amides is 3. The van der Waals surface area contributed by atoms with Gasteiger partial charge in [0.2, 0.25) is 0 Å². The molecular weight excluding hydrogens is 683 g/mol. The number of carbonyl (C=O) groups excluding carboxylic acids is 3. The first-order valence-electron chi connectivity index (χ1n) is 18.0. The maximum Gasteiger partial charge on any atom is 0.410 e.